The molecule has 0 aliphatic heterocycles. The summed E-state index contributed by atoms with van der Waals surface area (Å²) in [5.74, 6) is 1.78. The van der Waals surface area contributed by atoms with Gasteiger partial charge in [-0.15, -0.1) is 11.3 Å². The summed E-state index contributed by atoms with van der Waals surface area (Å²) in [6, 6.07) is 68.0. The lowest BCUT2D eigenvalue weighted by atomic mass is 9.97. The highest BCUT2D eigenvalue weighted by atomic mass is 32.1. The summed E-state index contributed by atoms with van der Waals surface area (Å²) in [5.41, 5.74) is 11.7. The van der Waals surface area contributed by atoms with Crippen molar-refractivity contribution in [2.75, 3.05) is 0 Å². The summed E-state index contributed by atoms with van der Waals surface area (Å²) >= 11 is 1.78. The Labute approximate surface area is 368 Å². The van der Waals surface area contributed by atoms with Crippen LogP contribution >= 0.6 is 11.3 Å². The van der Waals surface area contributed by atoms with Gasteiger partial charge in [-0.1, -0.05) is 127 Å². The van der Waals surface area contributed by atoms with Crippen molar-refractivity contribution in [2.24, 2.45) is 0 Å². The van der Waals surface area contributed by atoms with Crippen LogP contribution < -0.4 is 0 Å². The maximum absolute atomic E-state index is 6.54. The molecule has 298 valence electrons. The van der Waals surface area contributed by atoms with E-state index in [1.165, 1.54) is 37.3 Å². The second-order valence-electron chi connectivity index (χ2n) is 16.3. The Balaban J connectivity index is 0.898. The SMILES string of the molecule is c1ccc(-c2nc(-c3ccc4c(c3)sc3ccc(-c5cccc6oc7ccc(-n8c9ccccc9c9ccccc98)cc7c56)cc34)nc(-c3cccc4c3oc3ccccc34)n2)cc1. The molecule has 7 heteroatoms. The minimum absolute atomic E-state index is 0.567. The number of fused-ring (bicyclic) bond motifs is 12. The predicted molar refractivity (Wildman–Crippen MR) is 263 cm³/mol. The average molecular weight is 837 g/mol. The molecule has 14 aromatic rings. The molecule has 0 N–H and O–H groups in total. The van der Waals surface area contributed by atoms with E-state index in [0.29, 0.717) is 17.5 Å². The van der Waals surface area contributed by atoms with E-state index in [0.717, 1.165) is 82.1 Å². The molecule has 9 aromatic carbocycles. The fourth-order valence-electron chi connectivity index (χ4n) is 9.74. The van der Waals surface area contributed by atoms with Crippen LogP contribution in [0.2, 0.25) is 0 Å². The van der Waals surface area contributed by atoms with Crippen molar-refractivity contribution in [1.82, 2.24) is 19.5 Å². The van der Waals surface area contributed by atoms with Crippen molar-refractivity contribution in [3.05, 3.63) is 194 Å². The van der Waals surface area contributed by atoms with Crippen LogP contribution in [-0.2, 0) is 0 Å². The molecule has 0 saturated carbocycles. The second kappa shape index (κ2) is 13.6. The quantitative estimate of drug-likeness (QED) is 0.173. The van der Waals surface area contributed by atoms with Gasteiger partial charge in [-0.2, -0.15) is 0 Å². The van der Waals surface area contributed by atoms with Gasteiger partial charge < -0.3 is 13.4 Å². The van der Waals surface area contributed by atoms with Crippen LogP contribution in [0.4, 0.5) is 0 Å². The number of benzene rings is 9. The topological polar surface area (TPSA) is 69.9 Å². The molecule has 0 radical (unpaired) electrons. The van der Waals surface area contributed by atoms with Gasteiger partial charge in [-0.25, -0.2) is 15.0 Å². The summed E-state index contributed by atoms with van der Waals surface area (Å²) in [6.45, 7) is 0. The lowest BCUT2D eigenvalue weighted by Crippen LogP contribution is -2.00. The summed E-state index contributed by atoms with van der Waals surface area (Å²) in [5, 5.41) is 9.18. The van der Waals surface area contributed by atoms with E-state index in [-0.39, 0.29) is 0 Å². The maximum Gasteiger partial charge on any atom is 0.167 e. The first-order chi connectivity index (χ1) is 31.7. The molecule has 0 unspecified atom stereocenters. The molecule has 0 saturated heterocycles. The average Bonchev–Trinajstić information content (AvgIpc) is 4.12. The molecule has 0 aliphatic carbocycles. The normalized spacial score (nSPS) is 12.1. The minimum Gasteiger partial charge on any atom is -0.456 e. The summed E-state index contributed by atoms with van der Waals surface area (Å²) in [4.78, 5) is 15.3. The standard InChI is InChI=1S/C57H32N4O2S/c1-2-12-33(13-3-1)55-58-56(60-57(59-55)43-19-10-18-42-40-16-6-9-22-48(40)63-54(42)43)35-24-27-41-44-30-34(25-29-51(44)64-52(41)31-35)37-17-11-23-50-53(37)45-32-36(26-28-49(45)62-50)61-46-20-7-4-14-38(46)39-15-5-8-21-47(39)61/h1-32H. The first-order valence-corrected chi connectivity index (χ1v) is 22.1. The molecule has 6 nitrogen and oxygen atoms in total. The van der Waals surface area contributed by atoms with Crippen LogP contribution in [0.1, 0.15) is 0 Å². The summed E-state index contributed by atoms with van der Waals surface area (Å²) in [7, 11) is 0. The molecule has 64 heavy (non-hydrogen) atoms. The Kier molecular flexibility index (Phi) is 7.46. The fraction of sp³-hybridized carbons (Fsp3) is 0. The monoisotopic (exact) mass is 836 g/mol. The largest absolute Gasteiger partial charge is 0.456 e. The van der Waals surface area contributed by atoms with Gasteiger partial charge >= 0.3 is 0 Å². The van der Waals surface area contributed by atoms with Crippen molar-refractivity contribution in [2.45, 2.75) is 0 Å². The van der Waals surface area contributed by atoms with Crippen LogP contribution in [0, 0.1) is 0 Å². The molecule has 5 aromatic heterocycles. The summed E-state index contributed by atoms with van der Waals surface area (Å²) in [6.07, 6.45) is 0. The third-order valence-corrected chi connectivity index (χ3v) is 13.8. The van der Waals surface area contributed by atoms with Crippen LogP contribution in [-0.4, -0.2) is 19.5 Å². The Morgan fingerprint density at radius 1 is 0.359 bits per heavy atom. The van der Waals surface area contributed by atoms with E-state index >= 15 is 0 Å². The van der Waals surface area contributed by atoms with Crippen molar-refractivity contribution >= 4 is 97.2 Å². The zero-order valence-corrected chi connectivity index (χ0v) is 34.8. The number of rotatable bonds is 5. The van der Waals surface area contributed by atoms with Crippen molar-refractivity contribution in [3.8, 4) is 51.0 Å². The van der Waals surface area contributed by atoms with Gasteiger partial charge in [0.05, 0.1) is 16.6 Å². The zero-order chi connectivity index (χ0) is 41.9. The number of aromatic nitrogens is 4. The van der Waals surface area contributed by atoms with Gasteiger partial charge in [0.15, 0.2) is 17.5 Å². The first-order valence-electron chi connectivity index (χ1n) is 21.3. The van der Waals surface area contributed by atoms with Gasteiger partial charge in [0.1, 0.15) is 22.3 Å². The van der Waals surface area contributed by atoms with E-state index < -0.39 is 0 Å². The number of furan rings is 2. The summed E-state index contributed by atoms with van der Waals surface area (Å²) < 4.78 is 17.7. The van der Waals surface area contributed by atoms with E-state index in [4.69, 9.17) is 23.8 Å². The minimum atomic E-state index is 0.567. The van der Waals surface area contributed by atoms with Gasteiger partial charge in [-0.3, -0.25) is 0 Å². The molecular weight excluding hydrogens is 805 g/mol. The molecular formula is C57H32N4O2S. The van der Waals surface area contributed by atoms with Gasteiger partial charge in [0.25, 0.3) is 0 Å². The Morgan fingerprint density at radius 3 is 1.86 bits per heavy atom. The lowest BCUT2D eigenvalue weighted by molar-refractivity contribution is 0.668. The number of hydrogen-bond acceptors (Lipinski definition) is 6. The Hall–Kier alpha value is -8.39. The van der Waals surface area contributed by atoms with Crippen LogP contribution in [0.3, 0.4) is 0 Å². The molecule has 5 heterocycles. The highest BCUT2D eigenvalue weighted by Crippen LogP contribution is 2.43. The first kappa shape index (κ1) is 35.2. The number of para-hydroxylation sites is 4. The molecule has 0 amide bonds. The second-order valence-corrected chi connectivity index (χ2v) is 17.4. The molecule has 0 atom stereocenters. The zero-order valence-electron chi connectivity index (χ0n) is 34.0. The van der Waals surface area contributed by atoms with Crippen molar-refractivity contribution in [3.63, 3.8) is 0 Å². The molecule has 0 bridgehead atoms. The van der Waals surface area contributed by atoms with Crippen LogP contribution in [0.5, 0.6) is 0 Å². The lowest BCUT2D eigenvalue weighted by Gasteiger charge is -2.09. The highest BCUT2D eigenvalue weighted by molar-refractivity contribution is 7.25. The van der Waals surface area contributed by atoms with Gasteiger partial charge in [0, 0.05) is 69.3 Å². The van der Waals surface area contributed by atoms with Crippen molar-refractivity contribution < 1.29 is 8.83 Å². The third-order valence-electron chi connectivity index (χ3n) is 12.7. The molecule has 0 spiro atoms. The number of thiophene rings is 1. The molecule has 0 fully saturated rings. The third kappa shape index (κ3) is 5.28. The smallest absolute Gasteiger partial charge is 0.167 e. The molecule has 0 aliphatic rings. The number of hydrogen-bond donors (Lipinski definition) is 0. The maximum atomic E-state index is 6.54. The fourth-order valence-corrected chi connectivity index (χ4v) is 10.9. The number of nitrogens with zero attached hydrogens (tertiary/aromatic N) is 4. The Morgan fingerprint density at radius 2 is 1.02 bits per heavy atom. The van der Waals surface area contributed by atoms with E-state index in [1.54, 1.807) is 11.3 Å². The van der Waals surface area contributed by atoms with E-state index in [9.17, 15) is 0 Å². The predicted octanol–water partition coefficient (Wildman–Crippen LogP) is 15.8. The van der Waals surface area contributed by atoms with Gasteiger partial charge in [-0.05, 0) is 77.9 Å². The van der Waals surface area contributed by atoms with E-state index in [2.05, 4.69) is 138 Å². The molecule has 14 rings (SSSR count). The van der Waals surface area contributed by atoms with Crippen molar-refractivity contribution in [1.29, 1.82) is 0 Å². The highest BCUT2D eigenvalue weighted by Gasteiger charge is 2.20. The van der Waals surface area contributed by atoms with Crippen LogP contribution in [0.25, 0.3) is 137 Å². The van der Waals surface area contributed by atoms with Gasteiger partial charge in [0.2, 0.25) is 0 Å². The van der Waals surface area contributed by atoms with Crippen LogP contribution in [0.15, 0.2) is 203 Å². The van der Waals surface area contributed by atoms with E-state index in [1.807, 2.05) is 60.7 Å². The Bertz CT molecular complexity index is 4160.